The molecule has 2 aromatic heterocycles. The van der Waals surface area contributed by atoms with Crippen LogP contribution in [-0.2, 0) is 6.54 Å². The first-order valence-electron chi connectivity index (χ1n) is 10.0. The van der Waals surface area contributed by atoms with Crippen LogP contribution in [0.4, 0.5) is 0 Å². The Bertz CT molecular complexity index is 1160. The Kier molecular flexibility index (Phi) is 5.55. The SMILES string of the molecule is CCn1c(=O)c(-c2noc(C(=O)N3CCCCCC3)n2)nn(-c2ccccc2)c1=O. The third-order valence-corrected chi connectivity index (χ3v) is 5.09. The molecule has 1 amide bonds. The lowest BCUT2D eigenvalue weighted by Gasteiger charge is -2.17. The predicted octanol–water partition coefficient (Wildman–Crippen LogP) is 1.48. The molecule has 0 radical (unpaired) electrons. The van der Waals surface area contributed by atoms with E-state index in [1.165, 1.54) is 0 Å². The molecule has 156 valence electrons. The van der Waals surface area contributed by atoms with E-state index < -0.39 is 11.2 Å². The van der Waals surface area contributed by atoms with Gasteiger partial charge in [-0.2, -0.15) is 14.8 Å². The van der Waals surface area contributed by atoms with Gasteiger partial charge in [-0.05, 0) is 31.9 Å². The Hall–Kier alpha value is -3.56. The van der Waals surface area contributed by atoms with Gasteiger partial charge in [-0.25, -0.2) is 4.79 Å². The second-order valence-corrected chi connectivity index (χ2v) is 7.06. The molecule has 3 aromatic rings. The summed E-state index contributed by atoms with van der Waals surface area (Å²) in [5, 5.41) is 7.98. The maximum absolute atomic E-state index is 12.8. The van der Waals surface area contributed by atoms with Gasteiger partial charge in [0, 0.05) is 19.6 Å². The molecule has 3 heterocycles. The van der Waals surface area contributed by atoms with E-state index in [0.29, 0.717) is 18.8 Å². The molecule has 0 spiro atoms. The van der Waals surface area contributed by atoms with Crippen LogP contribution >= 0.6 is 0 Å². The molecule has 0 saturated carbocycles. The largest absolute Gasteiger partial charge is 0.352 e. The lowest BCUT2D eigenvalue weighted by Crippen LogP contribution is -2.41. The zero-order chi connectivity index (χ0) is 21.1. The number of likely N-dealkylation sites (tertiary alicyclic amines) is 1. The van der Waals surface area contributed by atoms with Crippen molar-refractivity contribution < 1.29 is 9.32 Å². The van der Waals surface area contributed by atoms with Gasteiger partial charge in [-0.15, -0.1) is 0 Å². The zero-order valence-electron chi connectivity index (χ0n) is 16.7. The Morgan fingerprint density at radius 3 is 2.43 bits per heavy atom. The lowest BCUT2D eigenvalue weighted by atomic mass is 10.2. The first-order chi connectivity index (χ1) is 14.6. The van der Waals surface area contributed by atoms with Crippen molar-refractivity contribution in [3.05, 3.63) is 57.1 Å². The van der Waals surface area contributed by atoms with Gasteiger partial charge in [0.2, 0.25) is 5.82 Å². The number of nitrogens with zero attached hydrogens (tertiary/aromatic N) is 6. The van der Waals surface area contributed by atoms with Crippen LogP contribution < -0.4 is 11.2 Å². The van der Waals surface area contributed by atoms with Crippen LogP contribution in [0.1, 0.15) is 43.3 Å². The maximum atomic E-state index is 12.8. The second-order valence-electron chi connectivity index (χ2n) is 7.06. The Morgan fingerprint density at radius 2 is 1.77 bits per heavy atom. The molecule has 0 atom stereocenters. The van der Waals surface area contributed by atoms with Crippen LogP contribution in [0.25, 0.3) is 17.2 Å². The molecule has 0 N–H and O–H groups in total. The molecule has 1 saturated heterocycles. The number of aromatic nitrogens is 5. The van der Waals surface area contributed by atoms with Crippen LogP contribution in [0.2, 0.25) is 0 Å². The molecule has 0 bridgehead atoms. The molecule has 1 aliphatic heterocycles. The molecule has 0 aliphatic carbocycles. The Balaban J connectivity index is 1.75. The number of carbonyl (C=O) groups excluding carboxylic acids is 1. The number of rotatable bonds is 4. The van der Waals surface area contributed by atoms with Gasteiger partial charge in [0.1, 0.15) is 0 Å². The van der Waals surface area contributed by atoms with Crippen LogP contribution in [0.5, 0.6) is 0 Å². The van der Waals surface area contributed by atoms with Crippen molar-refractivity contribution in [3.8, 4) is 17.2 Å². The van der Waals surface area contributed by atoms with Crippen molar-refractivity contribution in [1.29, 1.82) is 0 Å². The normalized spacial score (nSPS) is 14.5. The molecule has 1 aromatic carbocycles. The summed E-state index contributed by atoms with van der Waals surface area (Å²) < 4.78 is 7.31. The van der Waals surface area contributed by atoms with E-state index in [1.54, 1.807) is 36.1 Å². The van der Waals surface area contributed by atoms with Crippen molar-refractivity contribution in [3.63, 3.8) is 0 Å². The summed E-state index contributed by atoms with van der Waals surface area (Å²) in [6.45, 7) is 3.11. The fraction of sp³-hybridized carbons (Fsp3) is 0.400. The van der Waals surface area contributed by atoms with Crippen LogP contribution in [0.3, 0.4) is 0 Å². The monoisotopic (exact) mass is 410 g/mol. The molecular formula is C20H22N6O4. The number of carbonyl (C=O) groups is 1. The van der Waals surface area contributed by atoms with E-state index in [1.807, 2.05) is 6.07 Å². The minimum absolute atomic E-state index is 0.120. The van der Waals surface area contributed by atoms with E-state index in [4.69, 9.17) is 4.52 Å². The fourth-order valence-electron chi connectivity index (χ4n) is 3.49. The van der Waals surface area contributed by atoms with E-state index in [0.717, 1.165) is 34.9 Å². The summed E-state index contributed by atoms with van der Waals surface area (Å²) in [6.07, 6.45) is 4.02. The van der Waals surface area contributed by atoms with Crippen molar-refractivity contribution in [1.82, 2.24) is 29.4 Å². The molecule has 0 unspecified atom stereocenters. The Labute approximate surface area is 171 Å². The van der Waals surface area contributed by atoms with Crippen molar-refractivity contribution in [2.45, 2.75) is 39.2 Å². The summed E-state index contributed by atoms with van der Waals surface area (Å²) >= 11 is 0. The van der Waals surface area contributed by atoms with Gasteiger partial charge in [0.15, 0.2) is 5.69 Å². The minimum Gasteiger partial charge on any atom is -0.334 e. The van der Waals surface area contributed by atoms with Crippen LogP contribution in [0.15, 0.2) is 44.4 Å². The Morgan fingerprint density at radius 1 is 1.07 bits per heavy atom. The standard InChI is InChI=1S/C20H22N6O4/c1-2-25-18(27)15(22-26(20(25)29)14-10-6-5-7-11-14)16-21-17(30-23-16)19(28)24-12-8-3-4-9-13-24/h5-7,10-11H,2-4,8-9,12-13H2,1H3. The molecular weight excluding hydrogens is 388 g/mol. The molecule has 10 nitrogen and oxygen atoms in total. The van der Waals surface area contributed by atoms with E-state index in [9.17, 15) is 14.4 Å². The summed E-state index contributed by atoms with van der Waals surface area (Å²) in [5.74, 6) is -0.665. The molecule has 1 aliphatic rings. The van der Waals surface area contributed by atoms with Crippen LogP contribution in [-0.4, -0.2) is 48.4 Å². The second kappa shape index (κ2) is 8.44. The fourth-order valence-corrected chi connectivity index (χ4v) is 3.49. The average Bonchev–Trinajstić information content (AvgIpc) is 3.09. The number of hydrogen-bond acceptors (Lipinski definition) is 7. The van der Waals surface area contributed by atoms with Crippen molar-refractivity contribution in [2.75, 3.05) is 13.1 Å². The van der Waals surface area contributed by atoms with E-state index in [2.05, 4.69) is 15.2 Å². The van der Waals surface area contributed by atoms with E-state index >= 15 is 0 Å². The maximum Gasteiger partial charge on any atom is 0.352 e. The third kappa shape index (κ3) is 3.68. The van der Waals surface area contributed by atoms with Gasteiger partial charge in [0.25, 0.3) is 5.56 Å². The smallest absolute Gasteiger partial charge is 0.334 e. The van der Waals surface area contributed by atoms with Crippen molar-refractivity contribution >= 4 is 5.91 Å². The summed E-state index contributed by atoms with van der Waals surface area (Å²) in [4.78, 5) is 44.0. The number of para-hydroxylation sites is 1. The van der Waals surface area contributed by atoms with Crippen LogP contribution in [0, 0.1) is 0 Å². The topological polar surface area (TPSA) is 116 Å². The highest BCUT2D eigenvalue weighted by Crippen LogP contribution is 2.15. The molecule has 30 heavy (non-hydrogen) atoms. The summed E-state index contributed by atoms with van der Waals surface area (Å²) in [7, 11) is 0. The predicted molar refractivity (Wildman–Crippen MR) is 107 cm³/mol. The third-order valence-electron chi connectivity index (χ3n) is 5.09. The highest BCUT2D eigenvalue weighted by molar-refractivity contribution is 5.89. The summed E-state index contributed by atoms with van der Waals surface area (Å²) in [6, 6.07) is 8.74. The van der Waals surface area contributed by atoms with Gasteiger partial charge in [-0.3, -0.25) is 14.2 Å². The first-order valence-corrected chi connectivity index (χ1v) is 10.0. The quantitative estimate of drug-likeness (QED) is 0.639. The summed E-state index contributed by atoms with van der Waals surface area (Å²) in [5.41, 5.74) is -0.861. The zero-order valence-corrected chi connectivity index (χ0v) is 16.7. The molecule has 10 heteroatoms. The lowest BCUT2D eigenvalue weighted by molar-refractivity contribution is 0.0711. The number of hydrogen-bond donors (Lipinski definition) is 0. The van der Waals surface area contributed by atoms with E-state index in [-0.39, 0.29) is 29.9 Å². The number of amides is 1. The highest BCUT2D eigenvalue weighted by Gasteiger charge is 2.26. The van der Waals surface area contributed by atoms with Gasteiger partial charge in [0.05, 0.1) is 5.69 Å². The van der Waals surface area contributed by atoms with Gasteiger partial charge >= 0.3 is 17.5 Å². The molecule has 1 fully saturated rings. The molecule has 4 rings (SSSR count). The van der Waals surface area contributed by atoms with Gasteiger partial charge < -0.3 is 9.42 Å². The van der Waals surface area contributed by atoms with Gasteiger partial charge in [-0.1, -0.05) is 36.2 Å². The first kappa shape index (κ1) is 19.7. The highest BCUT2D eigenvalue weighted by atomic mass is 16.5. The van der Waals surface area contributed by atoms with Crippen molar-refractivity contribution in [2.24, 2.45) is 0 Å². The average molecular weight is 410 g/mol. The number of benzene rings is 1. The minimum atomic E-state index is -0.635.